The third kappa shape index (κ3) is 18.9. The quantitative estimate of drug-likeness (QED) is 0.255. The summed E-state index contributed by atoms with van der Waals surface area (Å²) < 4.78 is 0. The van der Waals surface area contributed by atoms with Crippen LogP contribution in [0.15, 0.2) is 24.3 Å². The van der Waals surface area contributed by atoms with Crippen molar-refractivity contribution in [1.29, 1.82) is 0 Å². The normalized spacial score (nSPS) is 12.5. The van der Waals surface area contributed by atoms with Crippen LogP contribution in [0.2, 0.25) is 0 Å². The minimum absolute atomic E-state index is 0.294. The highest BCUT2D eigenvalue weighted by molar-refractivity contribution is 5.66. The fourth-order valence-corrected chi connectivity index (χ4v) is 2.13. The first-order chi connectivity index (χ1) is 10.4. The Labute approximate surface area is 134 Å². The van der Waals surface area contributed by atoms with Crippen LogP contribution >= 0.6 is 0 Å². The maximum absolute atomic E-state index is 10.3. The molecule has 0 aromatic carbocycles. The first-order valence-corrected chi connectivity index (χ1v) is 8.38. The Kier molecular flexibility index (Phi) is 12.8. The maximum atomic E-state index is 10.3. The zero-order chi connectivity index (χ0) is 16.7. The summed E-state index contributed by atoms with van der Waals surface area (Å²) in [5.41, 5.74) is 0. The molecule has 0 aromatic heterocycles. The maximum Gasteiger partial charge on any atom is 0.303 e. The molecule has 0 aliphatic carbocycles. The summed E-state index contributed by atoms with van der Waals surface area (Å²) in [6, 6.07) is 0. The zero-order valence-electron chi connectivity index (χ0n) is 13.8. The van der Waals surface area contributed by atoms with Gasteiger partial charge < -0.3 is 15.3 Å². The lowest BCUT2D eigenvalue weighted by atomic mass is 10.1. The number of aliphatic carboxylic acids is 1. The highest BCUT2D eigenvalue weighted by Gasteiger charge is 2.12. The zero-order valence-corrected chi connectivity index (χ0v) is 13.8. The van der Waals surface area contributed by atoms with Crippen LogP contribution < -0.4 is 0 Å². The molecular formula is C18H32O4. The Morgan fingerprint density at radius 3 is 2.00 bits per heavy atom. The average molecular weight is 312 g/mol. The lowest BCUT2D eigenvalue weighted by molar-refractivity contribution is -0.149. The van der Waals surface area contributed by atoms with E-state index < -0.39 is 11.8 Å². The van der Waals surface area contributed by atoms with Gasteiger partial charge in [-0.2, -0.15) is 0 Å². The number of carbonyl (C=O) groups is 1. The molecule has 0 saturated heterocycles. The van der Waals surface area contributed by atoms with Crippen molar-refractivity contribution in [2.24, 2.45) is 0 Å². The van der Waals surface area contributed by atoms with E-state index in [1.54, 1.807) is 0 Å². The van der Waals surface area contributed by atoms with Crippen LogP contribution in [0.1, 0.15) is 77.6 Å². The van der Waals surface area contributed by atoms with Crippen LogP contribution in [0.5, 0.6) is 0 Å². The number of allylic oxidation sites excluding steroid dienone is 4. The van der Waals surface area contributed by atoms with E-state index in [1.165, 1.54) is 19.8 Å². The van der Waals surface area contributed by atoms with Gasteiger partial charge in [0.2, 0.25) is 0 Å². The van der Waals surface area contributed by atoms with Gasteiger partial charge in [-0.05, 0) is 45.4 Å². The van der Waals surface area contributed by atoms with Gasteiger partial charge in [0.25, 0.3) is 0 Å². The van der Waals surface area contributed by atoms with Crippen LogP contribution in [0, 0.1) is 0 Å². The van der Waals surface area contributed by atoms with Crippen LogP contribution in [0.4, 0.5) is 0 Å². The molecule has 0 amide bonds. The van der Waals surface area contributed by atoms with Gasteiger partial charge in [0.05, 0.1) is 0 Å². The van der Waals surface area contributed by atoms with E-state index in [1.807, 2.05) is 0 Å². The Hall–Kier alpha value is -1.13. The van der Waals surface area contributed by atoms with E-state index in [2.05, 4.69) is 24.3 Å². The number of aliphatic hydroxyl groups is 2. The predicted molar refractivity (Wildman–Crippen MR) is 89.5 cm³/mol. The van der Waals surface area contributed by atoms with Crippen molar-refractivity contribution >= 4 is 5.97 Å². The fraction of sp³-hybridized carbons (Fsp3) is 0.722. The Bertz CT molecular complexity index is 326. The van der Waals surface area contributed by atoms with Crippen LogP contribution in [0.3, 0.4) is 0 Å². The molecule has 0 atom stereocenters. The number of carboxylic acids is 1. The molecule has 0 aliphatic rings. The standard InChI is InChI=1S/C18H32O4/c1-18(21,22)16-14-12-10-8-6-4-2-3-5-7-9-11-13-15-17(19)20/h2,4,8,10,21-22H,3,5-7,9,11-16H2,1H3,(H,19,20)/b4-2-,10-8-. The summed E-state index contributed by atoms with van der Waals surface area (Å²) in [5, 5.41) is 26.8. The molecule has 3 N–H and O–H groups in total. The van der Waals surface area contributed by atoms with Crippen molar-refractivity contribution in [1.82, 2.24) is 0 Å². The molecule has 0 rings (SSSR count). The third-order valence-electron chi connectivity index (χ3n) is 3.39. The van der Waals surface area contributed by atoms with Gasteiger partial charge in [0.15, 0.2) is 5.79 Å². The summed E-state index contributed by atoms with van der Waals surface area (Å²) in [6.07, 6.45) is 18.2. The summed E-state index contributed by atoms with van der Waals surface area (Å²) >= 11 is 0. The molecule has 4 nitrogen and oxygen atoms in total. The highest BCUT2D eigenvalue weighted by atomic mass is 16.5. The molecule has 4 heteroatoms. The van der Waals surface area contributed by atoms with Gasteiger partial charge in [-0.3, -0.25) is 4.79 Å². The van der Waals surface area contributed by atoms with E-state index in [0.717, 1.165) is 44.9 Å². The second-order valence-electron chi connectivity index (χ2n) is 5.99. The molecular weight excluding hydrogens is 280 g/mol. The first-order valence-electron chi connectivity index (χ1n) is 8.38. The Balaban J connectivity index is 3.29. The Morgan fingerprint density at radius 2 is 1.41 bits per heavy atom. The van der Waals surface area contributed by atoms with Crippen LogP contribution in [-0.2, 0) is 4.79 Å². The van der Waals surface area contributed by atoms with Crippen molar-refractivity contribution in [3.8, 4) is 0 Å². The van der Waals surface area contributed by atoms with E-state index in [-0.39, 0.29) is 0 Å². The predicted octanol–water partition coefficient (Wildman–Crippen LogP) is 4.18. The summed E-state index contributed by atoms with van der Waals surface area (Å²) in [6.45, 7) is 1.41. The molecule has 22 heavy (non-hydrogen) atoms. The first kappa shape index (κ1) is 20.9. The fourth-order valence-electron chi connectivity index (χ4n) is 2.13. The molecule has 128 valence electrons. The van der Waals surface area contributed by atoms with E-state index >= 15 is 0 Å². The molecule has 0 fully saturated rings. The van der Waals surface area contributed by atoms with Crippen LogP contribution in [-0.4, -0.2) is 27.1 Å². The van der Waals surface area contributed by atoms with Crippen LogP contribution in [0.25, 0.3) is 0 Å². The van der Waals surface area contributed by atoms with E-state index in [9.17, 15) is 4.79 Å². The number of hydrogen-bond donors (Lipinski definition) is 3. The van der Waals surface area contributed by atoms with Crippen molar-refractivity contribution < 1.29 is 20.1 Å². The SMILES string of the molecule is CC(O)(O)CCC/C=C\C/C=C\CCCCCCCC(=O)O. The van der Waals surface area contributed by atoms with Gasteiger partial charge in [-0.15, -0.1) is 0 Å². The van der Waals surface area contributed by atoms with E-state index in [0.29, 0.717) is 12.8 Å². The minimum Gasteiger partial charge on any atom is -0.481 e. The highest BCUT2D eigenvalue weighted by Crippen LogP contribution is 2.10. The molecule has 0 spiro atoms. The monoisotopic (exact) mass is 312 g/mol. The number of unbranched alkanes of at least 4 members (excludes halogenated alkanes) is 6. The van der Waals surface area contributed by atoms with Gasteiger partial charge in [0.1, 0.15) is 0 Å². The largest absolute Gasteiger partial charge is 0.481 e. The Morgan fingerprint density at radius 1 is 0.864 bits per heavy atom. The van der Waals surface area contributed by atoms with E-state index in [4.69, 9.17) is 15.3 Å². The van der Waals surface area contributed by atoms with Crippen molar-refractivity contribution in [2.75, 3.05) is 0 Å². The third-order valence-corrected chi connectivity index (χ3v) is 3.39. The smallest absolute Gasteiger partial charge is 0.303 e. The number of rotatable bonds is 14. The van der Waals surface area contributed by atoms with Gasteiger partial charge in [-0.25, -0.2) is 0 Å². The summed E-state index contributed by atoms with van der Waals surface area (Å²) in [4.78, 5) is 10.3. The molecule has 0 saturated carbocycles. The molecule has 0 unspecified atom stereocenters. The lowest BCUT2D eigenvalue weighted by Crippen LogP contribution is -2.22. The van der Waals surface area contributed by atoms with Crippen molar-refractivity contribution in [3.63, 3.8) is 0 Å². The summed E-state index contributed by atoms with van der Waals surface area (Å²) in [7, 11) is 0. The van der Waals surface area contributed by atoms with Gasteiger partial charge >= 0.3 is 5.97 Å². The van der Waals surface area contributed by atoms with Gasteiger partial charge in [-0.1, -0.05) is 43.6 Å². The summed E-state index contributed by atoms with van der Waals surface area (Å²) in [5.74, 6) is -2.24. The van der Waals surface area contributed by atoms with Crippen molar-refractivity contribution in [2.45, 2.75) is 83.3 Å². The average Bonchev–Trinajstić information content (AvgIpc) is 2.41. The second-order valence-corrected chi connectivity index (χ2v) is 5.99. The van der Waals surface area contributed by atoms with Gasteiger partial charge in [0, 0.05) is 12.8 Å². The molecule has 0 aromatic rings. The minimum atomic E-state index is -1.54. The topological polar surface area (TPSA) is 77.8 Å². The second kappa shape index (κ2) is 13.5. The lowest BCUT2D eigenvalue weighted by Gasteiger charge is -2.13. The molecule has 0 radical (unpaired) electrons. The molecule has 0 bridgehead atoms. The molecule has 0 heterocycles. The number of carboxylic acid groups (broad SMARTS) is 1. The molecule has 0 aliphatic heterocycles. The number of hydrogen-bond acceptors (Lipinski definition) is 3. The van der Waals surface area contributed by atoms with Crippen molar-refractivity contribution in [3.05, 3.63) is 24.3 Å².